The van der Waals surface area contributed by atoms with Gasteiger partial charge in [-0.25, -0.2) is 9.48 Å². The lowest BCUT2D eigenvalue weighted by atomic mass is 10.0. The van der Waals surface area contributed by atoms with Gasteiger partial charge in [-0.2, -0.15) is 16.9 Å². The normalized spacial score (nSPS) is 16.2. The molecular weight excluding hydrogens is 352 g/mol. The Hall–Kier alpha value is -1.41. The number of nitrogens with zero attached hydrogens (tertiary/aromatic N) is 3. The van der Waals surface area contributed by atoms with Gasteiger partial charge in [-0.15, -0.1) is 0 Å². The van der Waals surface area contributed by atoms with Crippen LogP contribution in [-0.2, 0) is 28.3 Å². The summed E-state index contributed by atoms with van der Waals surface area (Å²) in [6, 6.07) is 0. The number of aromatic nitrogens is 2. The fraction of sp³-hybridized carbons (Fsp3) is 0.778. The molecule has 0 radical (unpaired) electrons. The lowest BCUT2D eigenvalue weighted by molar-refractivity contribution is 0.00399. The number of hydrogen-bond acceptors (Lipinski definition) is 6. The lowest BCUT2D eigenvalue weighted by Gasteiger charge is -2.33. The molecule has 1 aliphatic heterocycles. The molecule has 0 bridgehead atoms. The Morgan fingerprint density at radius 3 is 2.58 bits per heavy atom. The van der Waals surface area contributed by atoms with Gasteiger partial charge < -0.3 is 15.2 Å². The van der Waals surface area contributed by atoms with E-state index in [4.69, 9.17) is 15.2 Å². The number of hydrogen-bond donors (Lipinski definition) is 1. The number of rotatable bonds is 6. The van der Waals surface area contributed by atoms with Crippen molar-refractivity contribution in [1.82, 2.24) is 14.7 Å². The van der Waals surface area contributed by atoms with Crippen molar-refractivity contribution in [3.8, 4) is 0 Å². The van der Waals surface area contributed by atoms with Crippen LogP contribution in [0.2, 0.25) is 0 Å². The molecule has 0 saturated carbocycles. The number of nitrogens with two attached hydrogens (primary N) is 1. The van der Waals surface area contributed by atoms with E-state index in [2.05, 4.69) is 18.9 Å². The Kier molecular flexibility index (Phi) is 6.17. The first-order valence-electron chi connectivity index (χ1n) is 8.99. The minimum Gasteiger partial charge on any atom is -0.444 e. The van der Waals surface area contributed by atoms with E-state index in [1.807, 2.05) is 46.4 Å². The van der Waals surface area contributed by atoms with Crippen LogP contribution >= 0.6 is 11.8 Å². The summed E-state index contributed by atoms with van der Waals surface area (Å²) in [6.45, 7) is 15.2. The van der Waals surface area contributed by atoms with E-state index in [1.165, 1.54) is 0 Å². The number of amides is 1. The SMILES string of the molecule is CC(C)SCCOCn1nc2c(c1N)CN(C(=O)OC(C)(C)C)C2(C)C. The monoisotopic (exact) mass is 384 g/mol. The van der Waals surface area contributed by atoms with Crippen LogP contribution in [0.25, 0.3) is 0 Å². The van der Waals surface area contributed by atoms with Gasteiger partial charge >= 0.3 is 6.09 Å². The number of ether oxygens (including phenoxy) is 2. The molecule has 0 fully saturated rings. The third kappa shape index (κ3) is 4.65. The Labute approximate surface area is 160 Å². The maximum Gasteiger partial charge on any atom is 0.411 e. The first-order chi connectivity index (χ1) is 11.9. The van der Waals surface area contributed by atoms with Gasteiger partial charge in [0, 0.05) is 11.3 Å². The van der Waals surface area contributed by atoms with Crippen LogP contribution in [-0.4, -0.2) is 44.0 Å². The standard InChI is InChI=1S/C18H32N4O3S/c1-12(2)26-9-8-24-11-22-15(19)13-10-21(16(23)25-17(3,4)5)18(6,7)14(13)20-22/h12H,8-11,19H2,1-7H3. The third-order valence-corrected chi connectivity index (χ3v) is 5.24. The second kappa shape index (κ2) is 7.68. The van der Waals surface area contributed by atoms with E-state index in [9.17, 15) is 4.79 Å². The second-order valence-electron chi connectivity index (χ2n) is 8.29. The van der Waals surface area contributed by atoms with E-state index in [-0.39, 0.29) is 6.09 Å². The molecule has 2 heterocycles. The quantitative estimate of drug-likeness (QED) is 0.755. The lowest BCUT2D eigenvalue weighted by Crippen LogP contribution is -2.43. The average molecular weight is 385 g/mol. The molecule has 2 rings (SSSR count). The van der Waals surface area contributed by atoms with Gasteiger partial charge in [0.15, 0.2) is 0 Å². The van der Waals surface area contributed by atoms with Crippen molar-refractivity contribution in [2.45, 2.75) is 78.1 Å². The van der Waals surface area contributed by atoms with Crippen molar-refractivity contribution in [3.63, 3.8) is 0 Å². The van der Waals surface area contributed by atoms with Crippen LogP contribution in [0.5, 0.6) is 0 Å². The van der Waals surface area contributed by atoms with Crippen molar-refractivity contribution in [2.24, 2.45) is 0 Å². The molecule has 1 aliphatic rings. The summed E-state index contributed by atoms with van der Waals surface area (Å²) in [5.74, 6) is 1.49. The molecule has 8 heteroatoms. The number of carbonyl (C=O) groups excluding carboxylic acids is 1. The van der Waals surface area contributed by atoms with Gasteiger partial charge in [-0.3, -0.25) is 4.90 Å². The average Bonchev–Trinajstić information content (AvgIpc) is 2.92. The summed E-state index contributed by atoms with van der Waals surface area (Å²) in [5.41, 5.74) is 6.83. The molecule has 148 valence electrons. The highest BCUT2D eigenvalue weighted by atomic mass is 32.2. The van der Waals surface area contributed by atoms with Crippen LogP contribution in [0.1, 0.15) is 59.7 Å². The van der Waals surface area contributed by atoms with Crippen LogP contribution in [0.3, 0.4) is 0 Å². The second-order valence-corrected chi connectivity index (χ2v) is 9.98. The molecule has 0 atom stereocenters. The number of nitrogen functional groups attached to an aromatic ring is 1. The van der Waals surface area contributed by atoms with Crippen molar-refractivity contribution in [3.05, 3.63) is 11.3 Å². The summed E-state index contributed by atoms with van der Waals surface area (Å²) in [6.07, 6.45) is -0.353. The van der Waals surface area contributed by atoms with Gasteiger partial charge in [0.05, 0.1) is 24.4 Å². The fourth-order valence-electron chi connectivity index (χ4n) is 2.85. The van der Waals surface area contributed by atoms with Gasteiger partial charge in [-0.05, 0) is 39.9 Å². The van der Waals surface area contributed by atoms with E-state index < -0.39 is 11.1 Å². The van der Waals surface area contributed by atoms with Crippen molar-refractivity contribution >= 4 is 23.7 Å². The molecule has 7 nitrogen and oxygen atoms in total. The summed E-state index contributed by atoms with van der Waals surface area (Å²) in [7, 11) is 0. The molecule has 1 aromatic rings. The fourth-order valence-corrected chi connectivity index (χ4v) is 3.53. The number of thioether (sulfide) groups is 1. The largest absolute Gasteiger partial charge is 0.444 e. The van der Waals surface area contributed by atoms with Crippen LogP contribution in [0.4, 0.5) is 10.6 Å². The summed E-state index contributed by atoms with van der Waals surface area (Å²) in [4.78, 5) is 14.2. The molecule has 0 aromatic carbocycles. The summed E-state index contributed by atoms with van der Waals surface area (Å²) in [5, 5.41) is 5.21. The minimum absolute atomic E-state index is 0.319. The molecule has 0 aliphatic carbocycles. The van der Waals surface area contributed by atoms with Crippen molar-refractivity contribution in [1.29, 1.82) is 0 Å². The highest BCUT2D eigenvalue weighted by Crippen LogP contribution is 2.41. The zero-order valence-electron chi connectivity index (χ0n) is 17.0. The van der Waals surface area contributed by atoms with Gasteiger partial charge in [0.2, 0.25) is 0 Å². The van der Waals surface area contributed by atoms with Gasteiger partial charge in [0.25, 0.3) is 0 Å². The molecule has 1 aromatic heterocycles. The predicted octanol–water partition coefficient (Wildman–Crippen LogP) is 3.57. The molecule has 0 saturated heterocycles. The highest BCUT2D eigenvalue weighted by Gasteiger charge is 2.46. The van der Waals surface area contributed by atoms with E-state index in [0.717, 1.165) is 17.0 Å². The Bertz CT molecular complexity index is 650. The van der Waals surface area contributed by atoms with Crippen LogP contribution in [0.15, 0.2) is 0 Å². The maximum atomic E-state index is 12.5. The van der Waals surface area contributed by atoms with Crippen LogP contribution < -0.4 is 5.73 Å². The summed E-state index contributed by atoms with van der Waals surface area (Å²) >= 11 is 1.86. The number of fused-ring (bicyclic) bond motifs is 1. The highest BCUT2D eigenvalue weighted by molar-refractivity contribution is 7.99. The Balaban J connectivity index is 2.04. The van der Waals surface area contributed by atoms with Crippen molar-refractivity contribution < 1.29 is 14.3 Å². The van der Waals surface area contributed by atoms with Gasteiger partial charge in [0.1, 0.15) is 18.1 Å². The topological polar surface area (TPSA) is 82.6 Å². The molecule has 26 heavy (non-hydrogen) atoms. The van der Waals surface area contributed by atoms with Crippen molar-refractivity contribution in [2.75, 3.05) is 18.1 Å². The maximum absolute atomic E-state index is 12.5. The minimum atomic E-state index is -0.579. The molecular formula is C18H32N4O3S. The molecule has 2 N–H and O–H groups in total. The zero-order chi connectivity index (χ0) is 19.7. The molecule has 0 spiro atoms. The molecule has 0 unspecified atom stereocenters. The number of carbonyl (C=O) groups is 1. The summed E-state index contributed by atoms with van der Waals surface area (Å²) < 4.78 is 12.9. The van der Waals surface area contributed by atoms with Gasteiger partial charge in [-0.1, -0.05) is 13.8 Å². The van der Waals surface area contributed by atoms with E-state index in [1.54, 1.807) is 9.58 Å². The Morgan fingerprint density at radius 1 is 1.38 bits per heavy atom. The first-order valence-corrected chi connectivity index (χ1v) is 10.0. The zero-order valence-corrected chi connectivity index (χ0v) is 17.8. The molecule has 1 amide bonds. The third-order valence-electron chi connectivity index (χ3n) is 4.17. The predicted molar refractivity (Wildman–Crippen MR) is 105 cm³/mol. The Morgan fingerprint density at radius 2 is 2.04 bits per heavy atom. The van der Waals surface area contributed by atoms with E-state index in [0.29, 0.717) is 31.0 Å². The van der Waals surface area contributed by atoms with E-state index >= 15 is 0 Å². The first kappa shape index (κ1) is 20.9. The van der Waals surface area contributed by atoms with Crippen LogP contribution in [0, 0.1) is 0 Å². The smallest absolute Gasteiger partial charge is 0.411 e. The number of anilines is 1.